The van der Waals surface area contributed by atoms with E-state index in [-0.39, 0.29) is 0 Å². The number of rotatable bonds is 3. The lowest BCUT2D eigenvalue weighted by Crippen LogP contribution is -2.55. The lowest BCUT2D eigenvalue weighted by Gasteiger charge is -2.32. The minimum Gasteiger partial charge on any atom is -0.325 e. The highest BCUT2D eigenvalue weighted by Gasteiger charge is 2.47. The van der Waals surface area contributed by atoms with Gasteiger partial charge in [0.05, 0.1) is 12.0 Å². The molecule has 0 aliphatic carbocycles. The van der Waals surface area contributed by atoms with Gasteiger partial charge >= 0.3 is 0 Å². The SMILES string of the molecule is Cc1ncn(-c2ccc(NC(=O)C3(C)CCCNS3(=O)=O)cc2)c1C. The summed E-state index contributed by atoms with van der Waals surface area (Å²) in [4.78, 5) is 16.8. The standard InChI is InChI=1S/C17H22N4O3S/c1-12-13(2)21(11-18-12)15-7-5-14(6-8-15)20-16(22)17(3)9-4-10-19-25(17,23)24/h5-8,11,19H,4,9-10H2,1-3H3,(H,20,22). The first-order valence-corrected chi connectivity index (χ1v) is 9.64. The topological polar surface area (TPSA) is 93.1 Å². The van der Waals surface area contributed by atoms with Crippen molar-refractivity contribution in [1.82, 2.24) is 14.3 Å². The van der Waals surface area contributed by atoms with Crippen molar-refractivity contribution in [1.29, 1.82) is 0 Å². The van der Waals surface area contributed by atoms with Gasteiger partial charge in [0.25, 0.3) is 0 Å². The van der Waals surface area contributed by atoms with Crippen molar-refractivity contribution in [3.8, 4) is 5.69 Å². The number of aryl methyl sites for hydroxylation is 1. The van der Waals surface area contributed by atoms with Crippen molar-refractivity contribution in [2.75, 3.05) is 11.9 Å². The maximum Gasteiger partial charge on any atom is 0.246 e. The van der Waals surface area contributed by atoms with Crippen LogP contribution in [0, 0.1) is 13.8 Å². The third kappa shape index (κ3) is 3.07. The quantitative estimate of drug-likeness (QED) is 0.872. The molecule has 3 rings (SSSR count). The van der Waals surface area contributed by atoms with Crippen molar-refractivity contribution < 1.29 is 13.2 Å². The Morgan fingerprint density at radius 3 is 2.52 bits per heavy atom. The van der Waals surface area contributed by atoms with Gasteiger partial charge in [0.2, 0.25) is 15.9 Å². The number of benzene rings is 1. The first kappa shape index (κ1) is 17.6. The molecule has 1 saturated heterocycles. The number of nitrogens with zero attached hydrogens (tertiary/aromatic N) is 2. The Bertz CT molecular complexity index is 902. The number of carbonyl (C=O) groups is 1. The zero-order valence-electron chi connectivity index (χ0n) is 14.5. The normalized spacial score (nSPS) is 22.5. The third-order valence-electron chi connectivity index (χ3n) is 4.85. The van der Waals surface area contributed by atoms with Gasteiger partial charge < -0.3 is 9.88 Å². The summed E-state index contributed by atoms with van der Waals surface area (Å²) in [5.74, 6) is -0.512. The Kier molecular flexibility index (Phi) is 4.42. The molecule has 1 aliphatic rings. The van der Waals surface area contributed by atoms with Gasteiger partial charge in [-0.3, -0.25) is 4.79 Å². The summed E-state index contributed by atoms with van der Waals surface area (Å²) >= 11 is 0. The summed E-state index contributed by atoms with van der Waals surface area (Å²) in [6.07, 6.45) is 2.70. The van der Waals surface area contributed by atoms with Crippen molar-refractivity contribution >= 4 is 21.6 Å². The second-order valence-corrected chi connectivity index (χ2v) is 8.72. The summed E-state index contributed by atoms with van der Waals surface area (Å²) < 4.78 is 27.4. The Balaban J connectivity index is 1.80. The number of aromatic nitrogens is 2. The average Bonchev–Trinajstić information content (AvgIpc) is 2.90. The molecule has 1 aliphatic heterocycles. The van der Waals surface area contributed by atoms with Crippen LogP contribution in [0.3, 0.4) is 0 Å². The van der Waals surface area contributed by atoms with Crippen molar-refractivity contribution in [3.05, 3.63) is 42.0 Å². The molecule has 1 aromatic heterocycles. The van der Waals surface area contributed by atoms with Crippen molar-refractivity contribution in [2.45, 2.75) is 38.4 Å². The lowest BCUT2D eigenvalue weighted by atomic mass is 10.0. The number of hydrogen-bond donors (Lipinski definition) is 2. The van der Waals surface area contributed by atoms with E-state index in [1.54, 1.807) is 18.5 Å². The predicted molar refractivity (Wildman–Crippen MR) is 96.2 cm³/mol. The van der Waals surface area contributed by atoms with E-state index >= 15 is 0 Å². The van der Waals surface area contributed by atoms with Crippen molar-refractivity contribution in [3.63, 3.8) is 0 Å². The summed E-state index contributed by atoms with van der Waals surface area (Å²) in [6, 6.07) is 7.24. The zero-order chi connectivity index (χ0) is 18.2. The molecular formula is C17H22N4O3S. The van der Waals surface area contributed by atoms with Crippen LogP contribution in [-0.2, 0) is 14.8 Å². The van der Waals surface area contributed by atoms with E-state index in [1.807, 2.05) is 30.5 Å². The molecule has 0 radical (unpaired) electrons. The highest BCUT2D eigenvalue weighted by molar-refractivity contribution is 7.91. The maximum atomic E-state index is 12.6. The van der Waals surface area contributed by atoms with Gasteiger partial charge in [-0.2, -0.15) is 0 Å². The summed E-state index contributed by atoms with van der Waals surface area (Å²) in [7, 11) is -3.67. The first-order valence-electron chi connectivity index (χ1n) is 8.16. The molecule has 2 N–H and O–H groups in total. The van der Waals surface area contributed by atoms with Gasteiger partial charge in [0.15, 0.2) is 4.75 Å². The number of sulfonamides is 1. The maximum absolute atomic E-state index is 12.6. The van der Waals surface area contributed by atoms with E-state index in [4.69, 9.17) is 0 Å². The predicted octanol–water partition coefficient (Wildman–Crippen LogP) is 1.90. The van der Waals surface area contributed by atoms with Gasteiger partial charge in [0, 0.05) is 23.6 Å². The van der Waals surface area contributed by atoms with Crippen LogP contribution in [0.1, 0.15) is 31.2 Å². The number of nitrogens with one attached hydrogen (secondary N) is 2. The molecule has 8 heteroatoms. The van der Waals surface area contributed by atoms with Gasteiger partial charge in [0.1, 0.15) is 0 Å². The minimum atomic E-state index is -3.67. The monoisotopic (exact) mass is 362 g/mol. The van der Waals surface area contributed by atoms with Gasteiger partial charge in [-0.25, -0.2) is 18.1 Å². The van der Waals surface area contributed by atoms with Crippen LogP contribution in [0.25, 0.3) is 5.69 Å². The molecule has 7 nitrogen and oxygen atoms in total. The lowest BCUT2D eigenvalue weighted by molar-refractivity contribution is -0.118. The molecule has 1 atom stereocenters. The smallest absolute Gasteiger partial charge is 0.246 e. The van der Waals surface area contributed by atoms with E-state index in [2.05, 4.69) is 15.0 Å². The molecule has 25 heavy (non-hydrogen) atoms. The molecule has 0 saturated carbocycles. The molecule has 2 aromatic rings. The number of hydrogen-bond acceptors (Lipinski definition) is 4. The highest BCUT2D eigenvalue weighted by atomic mass is 32.2. The molecule has 134 valence electrons. The van der Waals surface area contributed by atoms with E-state index in [9.17, 15) is 13.2 Å². The molecule has 1 unspecified atom stereocenters. The van der Waals surface area contributed by atoms with E-state index in [0.717, 1.165) is 17.1 Å². The molecular weight excluding hydrogens is 340 g/mol. The minimum absolute atomic E-state index is 0.305. The number of anilines is 1. The summed E-state index contributed by atoms with van der Waals surface area (Å²) in [5, 5.41) is 2.72. The largest absolute Gasteiger partial charge is 0.325 e. The van der Waals surface area contributed by atoms with Crippen LogP contribution in [0.15, 0.2) is 30.6 Å². The molecule has 2 heterocycles. The van der Waals surface area contributed by atoms with E-state index in [1.165, 1.54) is 6.92 Å². The second-order valence-electron chi connectivity index (χ2n) is 6.52. The number of amides is 1. The molecule has 1 aromatic carbocycles. The van der Waals surface area contributed by atoms with E-state index in [0.29, 0.717) is 25.1 Å². The number of imidazole rings is 1. The first-order chi connectivity index (χ1) is 11.7. The fourth-order valence-electron chi connectivity index (χ4n) is 2.89. The van der Waals surface area contributed by atoms with Crippen LogP contribution in [0.2, 0.25) is 0 Å². The highest BCUT2D eigenvalue weighted by Crippen LogP contribution is 2.28. The molecule has 1 fully saturated rings. The zero-order valence-corrected chi connectivity index (χ0v) is 15.4. The fourth-order valence-corrected chi connectivity index (χ4v) is 4.33. The average molecular weight is 362 g/mol. The van der Waals surface area contributed by atoms with Gasteiger partial charge in [-0.05, 0) is 57.9 Å². The summed E-state index contributed by atoms with van der Waals surface area (Å²) in [6.45, 7) is 5.78. The summed E-state index contributed by atoms with van der Waals surface area (Å²) in [5.41, 5.74) is 3.49. The Labute approximate surface area is 147 Å². The van der Waals surface area contributed by atoms with Gasteiger partial charge in [-0.1, -0.05) is 0 Å². The van der Waals surface area contributed by atoms with Crippen LogP contribution in [0.4, 0.5) is 5.69 Å². The van der Waals surface area contributed by atoms with E-state index < -0.39 is 20.7 Å². The Morgan fingerprint density at radius 1 is 1.28 bits per heavy atom. The van der Waals surface area contributed by atoms with Crippen LogP contribution in [0.5, 0.6) is 0 Å². The molecule has 0 bridgehead atoms. The van der Waals surface area contributed by atoms with Crippen LogP contribution >= 0.6 is 0 Å². The van der Waals surface area contributed by atoms with Crippen LogP contribution in [-0.4, -0.2) is 35.2 Å². The number of carbonyl (C=O) groups excluding carboxylic acids is 1. The fraction of sp³-hybridized carbons (Fsp3) is 0.412. The Morgan fingerprint density at radius 2 is 1.96 bits per heavy atom. The second kappa shape index (κ2) is 6.27. The molecule has 0 spiro atoms. The molecule has 1 amide bonds. The van der Waals surface area contributed by atoms with Gasteiger partial charge in [-0.15, -0.1) is 0 Å². The Hall–Kier alpha value is -2.19. The van der Waals surface area contributed by atoms with Crippen molar-refractivity contribution in [2.24, 2.45) is 0 Å². The van der Waals surface area contributed by atoms with Crippen LogP contribution < -0.4 is 10.0 Å². The third-order valence-corrected chi connectivity index (χ3v) is 7.01.